The highest BCUT2D eigenvalue weighted by Crippen LogP contribution is 2.33. The van der Waals surface area contributed by atoms with Gasteiger partial charge in [-0.15, -0.1) is 0 Å². The van der Waals surface area contributed by atoms with Crippen LogP contribution in [0.3, 0.4) is 0 Å². The molecule has 190 valence electrons. The molecule has 0 aliphatic heterocycles. The molecule has 2 N–H and O–H groups in total. The molecule has 0 radical (unpaired) electrons. The summed E-state index contributed by atoms with van der Waals surface area (Å²) in [7, 11) is 0. The highest BCUT2D eigenvalue weighted by molar-refractivity contribution is 6.32. The maximum atomic E-state index is 8.91. The third-order valence-electron chi connectivity index (χ3n) is 5.86. The van der Waals surface area contributed by atoms with Gasteiger partial charge < -0.3 is 29.0 Å². The number of ether oxygens (including phenoxy) is 2. The lowest BCUT2D eigenvalue weighted by Gasteiger charge is -2.13. The van der Waals surface area contributed by atoms with Crippen molar-refractivity contribution >= 4 is 34.1 Å². The predicted octanol–water partition coefficient (Wildman–Crippen LogP) is 5.18. The second kappa shape index (κ2) is 11.4. The van der Waals surface area contributed by atoms with Gasteiger partial charge in [0, 0.05) is 37.4 Å². The van der Waals surface area contributed by atoms with Crippen molar-refractivity contribution in [2.75, 3.05) is 25.1 Å². The molecule has 0 fully saturated rings. The molecule has 37 heavy (non-hydrogen) atoms. The Labute approximate surface area is 219 Å². The molecule has 3 heterocycles. The van der Waals surface area contributed by atoms with Gasteiger partial charge in [-0.05, 0) is 48.9 Å². The number of hydrogen-bond donors (Lipinski definition) is 2. The minimum absolute atomic E-state index is 0.000539. The number of nitrogens with zero attached hydrogens (tertiary/aromatic N) is 5. The second-order valence-corrected chi connectivity index (χ2v) is 8.83. The summed E-state index contributed by atoms with van der Waals surface area (Å²) in [6, 6.07) is 15.4. The summed E-state index contributed by atoms with van der Waals surface area (Å²) >= 11 is 6.60. The number of aliphatic hydroxyl groups excluding tert-OH is 1. The van der Waals surface area contributed by atoms with E-state index < -0.39 is 0 Å². The lowest BCUT2D eigenvalue weighted by molar-refractivity contribution is 0.0875. The molecule has 0 aliphatic carbocycles. The van der Waals surface area contributed by atoms with E-state index in [9.17, 15) is 0 Å². The van der Waals surface area contributed by atoms with Gasteiger partial charge in [0.05, 0.1) is 30.4 Å². The van der Waals surface area contributed by atoms with Crippen LogP contribution in [0.1, 0.15) is 11.4 Å². The highest BCUT2D eigenvalue weighted by atomic mass is 35.5. The van der Waals surface area contributed by atoms with Gasteiger partial charge in [0.2, 0.25) is 0 Å². The number of halogens is 1. The molecule has 9 nitrogen and oxygen atoms in total. The Kier molecular flexibility index (Phi) is 7.65. The predicted molar refractivity (Wildman–Crippen MR) is 143 cm³/mol. The molecule has 5 aromatic rings. The molecule has 0 aliphatic rings. The van der Waals surface area contributed by atoms with Crippen LogP contribution in [-0.2, 0) is 17.8 Å². The first-order valence-electron chi connectivity index (χ1n) is 11.9. The minimum atomic E-state index is -0.000539. The van der Waals surface area contributed by atoms with Gasteiger partial charge in [0.15, 0.2) is 5.82 Å². The molecule has 0 saturated carbocycles. The minimum Gasteiger partial charge on any atom is -0.456 e. The van der Waals surface area contributed by atoms with E-state index in [1.54, 1.807) is 12.3 Å². The molecular formula is C27H27ClN6O3. The van der Waals surface area contributed by atoms with Crippen molar-refractivity contribution < 1.29 is 14.6 Å². The Morgan fingerprint density at radius 3 is 2.73 bits per heavy atom. The molecule has 0 saturated heterocycles. The Balaban J connectivity index is 1.30. The van der Waals surface area contributed by atoms with Gasteiger partial charge in [0.1, 0.15) is 29.2 Å². The second-order valence-electron chi connectivity index (χ2n) is 8.42. The smallest absolute Gasteiger partial charge is 0.158 e. The maximum absolute atomic E-state index is 8.91. The summed E-state index contributed by atoms with van der Waals surface area (Å²) in [5.41, 5.74) is 3.55. The monoisotopic (exact) mass is 518 g/mol. The number of nitrogens with one attached hydrogen (secondary N) is 1. The Morgan fingerprint density at radius 2 is 1.92 bits per heavy atom. The number of anilines is 2. The number of aliphatic hydroxyl groups is 1. The van der Waals surface area contributed by atoms with Crippen LogP contribution in [0, 0.1) is 6.92 Å². The van der Waals surface area contributed by atoms with Gasteiger partial charge >= 0.3 is 0 Å². The van der Waals surface area contributed by atoms with Crippen LogP contribution >= 0.6 is 11.6 Å². The molecule has 0 unspecified atom stereocenters. The number of aryl methyl sites for hydroxylation is 1. The molecular weight excluding hydrogens is 492 g/mol. The number of fused-ring (bicyclic) bond motifs is 1. The third kappa shape index (κ3) is 5.91. The van der Waals surface area contributed by atoms with Crippen molar-refractivity contribution in [1.82, 2.24) is 24.1 Å². The number of imidazole rings is 1. The number of hydrogen-bond acceptors (Lipinski definition) is 7. The molecule has 10 heteroatoms. The average Bonchev–Trinajstić information content (AvgIpc) is 3.50. The molecule has 0 bridgehead atoms. The van der Waals surface area contributed by atoms with Crippen LogP contribution in [0.4, 0.5) is 11.5 Å². The zero-order valence-corrected chi connectivity index (χ0v) is 21.1. The molecule has 0 spiro atoms. The van der Waals surface area contributed by atoms with Crippen LogP contribution in [0.15, 0.2) is 73.4 Å². The summed E-state index contributed by atoms with van der Waals surface area (Å²) in [4.78, 5) is 13.1. The topological polar surface area (TPSA) is 99.2 Å². The summed E-state index contributed by atoms with van der Waals surface area (Å²) in [5, 5.41) is 12.7. The van der Waals surface area contributed by atoms with Crippen molar-refractivity contribution in [3.63, 3.8) is 0 Å². The Hall–Kier alpha value is -3.92. The highest BCUT2D eigenvalue weighted by Gasteiger charge is 2.12. The quantitative estimate of drug-likeness (QED) is 0.232. The van der Waals surface area contributed by atoms with E-state index in [-0.39, 0.29) is 6.61 Å². The maximum Gasteiger partial charge on any atom is 0.158 e. The van der Waals surface area contributed by atoms with Crippen LogP contribution in [0.25, 0.3) is 11.0 Å². The number of rotatable bonds is 11. The Bertz CT molecular complexity index is 1500. The van der Waals surface area contributed by atoms with E-state index in [2.05, 4.69) is 30.9 Å². The van der Waals surface area contributed by atoms with Gasteiger partial charge in [-0.1, -0.05) is 23.7 Å². The third-order valence-corrected chi connectivity index (χ3v) is 6.16. The fourth-order valence-electron chi connectivity index (χ4n) is 4.04. The molecule has 0 atom stereocenters. The van der Waals surface area contributed by atoms with E-state index in [0.717, 1.165) is 28.1 Å². The molecule has 5 rings (SSSR count). The fourth-order valence-corrected chi connectivity index (χ4v) is 4.26. The summed E-state index contributed by atoms with van der Waals surface area (Å²) in [6.45, 7) is 4.08. The standard InChI is InChI=1S/C27H27ClN6O3/c1-19-29-8-10-34(19)17-20-3-2-4-22(15-20)37-25-6-5-21(16-23(25)28)32-27-26-24(30-18-31-27)7-9-33(26)11-13-36-14-12-35/h2-10,15-16,18,35H,11-14,17H2,1H3,(H,30,31,32). The van der Waals surface area contributed by atoms with E-state index in [1.165, 1.54) is 6.33 Å². The molecule has 2 aromatic carbocycles. The van der Waals surface area contributed by atoms with Crippen molar-refractivity contribution in [3.8, 4) is 11.5 Å². The Morgan fingerprint density at radius 1 is 1.00 bits per heavy atom. The number of aromatic nitrogens is 5. The van der Waals surface area contributed by atoms with E-state index in [1.807, 2.05) is 60.3 Å². The first kappa shape index (κ1) is 24.8. The van der Waals surface area contributed by atoms with Crippen molar-refractivity contribution in [1.29, 1.82) is 0 Å². The number of benzene rings is 2. The van der Waals surface area contributed by atoms with Crippen LogP contribution in [-0.4, -0.2) is 49.0 Å². The van der Waals surface area contributed by atoms with Gasteiger partial charge in [-0.2, -0.15) is 0 Å². The zero-order valence-electron chi connectivity index (χ0n) is 20.3. The van der Waals surface area contributed by atoms with Crippen LogP contribution < -0.4 is 10.1 Å². The SMILES string of the molecule is Cc1nccn1Cc1cccc(Oc2ccc(Nc3ncnc4ccn(CCOCCO)c34)cc2Cl)c1. The van der Waals surface area contributed by atoms with E-state index in [0.29, 0.717) is 48.6 Å². The molecule has 0 amide bonds. The first-order chi connectivity index (χ1) is 18.1. The first-order valence-corrected chi connectivity index (χ1v) is 12.3. The van der Waals surface area contributed by atoms with E-state index >= 15 is 0 Å². The largest absolute Gasteiger partial charge is 0.456 e. The lowest BCUT2D eigenvalue weighted by Crippen LogP contribution is -2.09. The van der Waals surface area contributed by atoms with Crippen LogP contribution in [0.5, 0.6) is 11.5 Å². The summed E-state index contributed by atoms with van der Waals surface area (Å²) < 4.78 is 15.6. The van der Waals surface area contributed by atoms with Crippen molar-refractivity contribution in [3.05, 3.63) is 89.9 Å². The van der Waals surface area contributed by atoms with E-state index in [4.69, 9.17) is 26.2 Å². The lowest BCUT2D eigenvalue weighted by atomic mass is 10.2. The zero-order chi connectivity index (χ0) is 25.6. The summed E-state index contributed by atoms with van der Waals surface area (Å²) in [6.07, 6.45) is 7.22. The van der Waals surface area contributed by atoms with Gasteiger partial charge in [-0.25, -0.2) is 15.0 Å². The van der Waals surface area contributed by atoms with Gasteiger partial charge in [-0.3, -0.25) is 0 Å². The van der Waals surface area contributed by atoms with Crippen LogP contribution in [0.2, 0.25) is 5.02 Å². The van der Waals surface area contributed by atoms with Crippen molar-refractivity contribution in [2.45, 2.75) is 20.0 Å². The summed E-state index contributed by atoms with van der Waals surface area (Å²) in [5.74, 6) is 2.88. The van der Waals surface area contributed by atoms with Gasteiger partial charge in [0.25, 0.3) is 0 Å². The molecule has 3 aromatic heterocycles. The normalized spacial score (nSPS) is 11.2. The fraction of sp³-hybridized carbons (Fsp3) is 0.222. The average molecular weight is 519 g/mol. The van der Waals surface area contributed by atoms with Crippen molar-refractivity contribution in [2.24, 2.45) is 0 Å².